The number of nitrogens with one attached hydrogen (secondary N) is 4. The summed E-state index contributed by atoms with van der Waals surface area (Å²) < 4.78 is 0. The number of aromatic amines is 2. The molecule has 0 unspecified atom stereocenters. The molecule has 2 saturated heterocycles. The molecule has 6 atom stereocenters. The number of rotatable bonds is 11. The molecule has 6 rings (SSSR count). The van der Waals surface area contributed by atoms with Gasteiger partial charge in [-0.2, -0.15) is 0 Å². The zero-order valence-corrected chi connectivity index (χ0v) is 31.6. The van der Waals surface area contributed by atoms with Gasteiger partial charge in [-0.25, -0.2) is 19.6 Å². The Bertz CT molecular complexity index is 2020. The maximum Gasteiger partial charge on any atom is 0.411 e. The zero-order chi connectivity index (χ0) is 38.8. The molecule has 286 valence electrons. The summed E-state index contributed by atoms with van der Waals surface area (Å²) in [6, 6.07) is 11.3. The Morgan fingerprint density at radius 2 is 1.11 bits per heavy atom. The van der Waals surface area contributed by atoms with Crippen LogP contribution in [0.4, 0.5) is 9.59 Å². The lowest BCUT2D eigenvalue weighted by atomic mass is 9.92. The van der Waals surface area contributed by atoms with Crippen LogP contribution in [0.15, 0.2) is 48.8 Å². The summed E-state index contributed by atoms with van der Waals surface area (Å²) in [6.45, 7) is 12.1. The standard InChI is InChI=1S/C40H50N8O6/c1-7-31(37(49)45-39(51)52)47-21(3)9-17-33(47)35-41-19-29(43-35)26-13-11-25(12-14-26)27-15-16-28(24(6)23(27)5)30-20-42-36(44-30)34-18-10-22(4)48(34)32(8-2)38(50)46-40(53)54/h11-16,19-22,31-34H,7-10,17-18H2,1-6H3,(H,41,43)(H,42,44)(H,45,49)(H,46,50)(H,51,52)(H,53,54)/t21-,22-,31-,32-,33-,34-/m0/s1. The number of imide groups is 2. The molecule has 4 amide bonds. The van der Waals surface area contributed by atoms with Gasteiger partial charge < -0.3 is 20.2 Å². The van der Waals surface area contributed by atoms with Crippen molar-refractivity contribution in [3.8, 4) is 33.6 Å². The first kappa shape index (κ1) is 38.4. The van der Waals surface area contributed by atoms with Gasteiger partial charge in [0.05, 0.1) is 47.9 Å². The molecular formula is C40H50N8O6. The predicted octanol–water partition coefficient (Wildman–Crippen LogP) is 6.95. The largest absolute Gasteiger partial charge is 0.465 e. The van der Waals surface area contributed by atoms with E-state index in [2.05, 4.69) is 83.9 Å². The summed E-state index contributed by atoms with van der Waals surface area (Å²) in [5.74, 6) is 0.489. The number of carbonyl (C=O) groups excluding carboxylic acids is 2. The molecule has 2 fully saturated rings. The number of amides is 4. The van der Waals surface area contributed by atoms with Crippen molar-refractivity contribution in [3.05, 3.63) is 71.6 Å². The van der Waals surface area contributed by atoms with Crippen molar-refractivity contribution in [2.24, 2.45) is 0 Å². The minimum atomic E-state index is -1.35. The van der Waals surface area contributed by atoms with E-state index in [9.17, 15) is 19.2 Å². The van der Waals surface area contributed by atoms with Crippen LogP contribution in [-0.2, 0) is 9.59 Å². The Morgan fingerprint density at radius 1 is 0.685 bits per heavy atom. The molecule has 2 aliphatic heterocycles. The van der Waals surface area contributed by atoms with E-state index in [1.807, 2.05) is 36.9 Å². The van der Waals surface area contributed by atoms with Crippen LogP contribution in [0, 0.1) is 13.8 Å². The van der Waals surface area contributed by atoms with Crippen molar-refractivity contribution in [2.45, 2.75) is 116 Å². The van der Waals surface area contributed by atoms with Crippen molar-refractivity contribution >= 4 is 24.0 Å². The smallest absolute Gasteiger partial charge is 0.411 e. The van der Waals surface area contributed by atoms with E-state index in [0.717, 1.165) is 82.1 Å². The number of carbonyl (C=O) groups is 4. The highest BCUT2D eigenvalue weighted by Crippen LogP contribution is 2.40. The van der Waals surface area contributed by atoms with E-state index < -0.39 is 36.1 Å². The highest BCUT2D eigenvalue weighted by Gasteiger charge is 2.42. The van der Waals surface area contributed by atoms with E-state index in [1.165, 1.54) is 0 Å². The van der Waals surface area contributed by atoms with Crippen molar-refractivity contribution in [3.63, 3.8) is 0 Å². The fraction of sp³-hybridized carbons (Fsp3) is 0.450. The topological polar surface area (TPSA) is 197 Å². The minimum Gasteiger partial charge on any atom is -0.465 e. The van der Waals surface area contributed by atoms with Crippen LogP contribution in [0.25, 0.3) is 33.6 Å². The maximum atomic E-state index is 12.8. The van der Waals surface area contributed by atoms with Gasteiger partial charge >= 0.3 is 12.2 Å². The van der Waals surface area contributed by atoms with Gasteiger partial charge in [0, 0.05) is 17.6 Å². The second kappa shape index (κ2) is 15.9. The molecule has 0 saturated carbocycles. The number of carboxylic acid groups (broad SMARTS) is 2. The first-order valence-corrected chi connectivity index (χ1v) is 18.8. The normalized spacial score (nSPS) is 21.5. The predicted molar refractivity (Wildman–Crippen MR) is 204 cm³/mol. The number of aromatic nitrogens is 4. The van der Waals surface area contributed by atoms with Crippen LogP contribution >= 0.6 is 0 Å². The molecule has 14 nitrogen and oxygen atoms in total. The number of H-pyrrole nitrogens is 2. The quantitative estimate of drug-likeness (QED) is 0.0937. The molecule has 4 aromatic rings. The minimum absolute atomic E-state index is 0.0969. The lowest BCUT2D eigenvalue weighted by molar-refractivity contribution is -0.127. The second-order valence-electron chi connectivity index (χ2n) is 14.6. The monoisotopic (exact) mass is 738 g/mol. The Balaban J connectivity index is 1.19. The van der Waals surface area contributed by atoms with Crippen LogP contribution in [0.2, 0.25) is 0 Å². The molecule has 0 bridgehead atoms. The molecule has 6 N–H and O–H groups in total. The number of hydrogen-bond donors (Lipinski definition) is 6. The number of likely N-dealkylation sites (tertiary alicyclic amines) is 2. The molecule has 0 aliphatic carbocycles. The number of benzene rings is 2. The van der Waals surface area contributed by atoms with Gasteiger partial charge in [0.15, 0.2) is 0 Å². The third-order valence-corrected chi connectivity index (χ3v) is 11.4. The molecule has 14 heteroatoms. The number of imidazole rings is 2. The summed E-state index contributed by atoms with van der Waals surface area (Å²) in [6.07, 6.45) is 5.27. The first-order chi connectivity index (χ1) is 25.8. The van der Waals surface area contributed by atoms with E-state index in [0.29, 0.717) is 12.8 Å². The summed E-state index contributed by atoms with van der Waals surface area (Å²) in [5.41, 5.74) is 8.19. The molecule has 2 aromatic heterocycles. The SMILES string of the molecule is CC[C@@H](C(=O)NC(=O)O)N1[C@@H](C)CC[C@H]1c1ncc(-c2ccc(-c3ccc(-c4cnc([C@@H]5CC[C@H](C)N5[C@@H](CC)C(=O)NC(=O)O)[nH]4)c(C)c3C)cc2)[nH]1. The fourth-order valence-electron chi connectivity index (χ4n) is 8.60. The van der Waals surface area contributed by atoms with Gasteiger partial charge in [-0.05, 0) is 94.0 Å². The van der Waals surface area contributed by atoms with Gasteiger partial charge in [0.25, 0.3) is 0 Å². The van der Waals surface area contributed by atoms with Crippen LogP contribution in [-0.4, -0.2) is 88.1 Å². The van der Waals surface area contributed by atoms with E-state index >= 15 is 0 Å². The molecule has 54 heavy (non-hydrogen) atoms. The van der Waals surface area contributed by atoms with Crippen LogP contribution in [0.3, 0.4) is 0 Å². The first-order valence-electron chi connectivity index (χ1n) is 18.8. The van der Waals surface area contributed by atoms with Crippen LogP contribution in [0.5, 0.6) is 0 Å². The highest BCUT2D eigenvalue weighted by atomic mass is 16.4. The van der Waals surface area contributed by atoms with Crippen molar-refractivity contribution in [1.82, 2.24) is 40.4 Å². The number of hydrogen-bond acceptors (Lipinski definition) is 8. The van der Waals surface area contributed by atoms with Crippen LogP contribution in [0.1, 0.15) is 101 Å². The van der Waals surface area contributed by atoms with E-state index in [1.54, 1.807) is 0 Å². The van der Waals surface area contributed by atoms with Crippen molar-refractivity contribution < 1.29 is 29.4 Å². The Labute approximate surface area is 314 Å². The van der Waals surface area contributed by atoms with Gasteiger partial charge in [-0.1, -0.05) is 50.2 Å². The Morgan fingerprint density at radius 3 is 1.59 bits per heavy atom. The van der Waals surface area contributed by atoms with Gasteiger partial charge in [-0.15, -0.1) is 0 Å². The molecule has 4 heterocycles. The second-order valence-corrected chi connectivity index (χ2v) is 14.6. The maximum absolute atomic E-state index is 12.8. The summed E-state index contributed by atoms with van der Waals surface area (Å²) >= 11 is 0. The Kier molecular flexibility index (Phi) is 11.3. The zero-order valence-electron chi connectivity index (χ0n) is 31.6. The molecule has 2 aromatic carbocycles. The van der Waals surface area contributed by atoms with E-state index in [4.69, 9.17) is 20.2 Å². The fourth-order valence-corrected chi connectivity index (χ4v) is 8.60. The lowest BCUT2D eigenvalue weighted by Crippen LogP contribution is -2.50. The third kappa shape index (κ3) is 7.53. The van der Waals surface area contributed by atoms with Gasteiger partial charge in [0.1, 0.15) is 11.6 Å². The third-order valence-electron chi connectivity index (χ3n) is 11.4. The summed E-state index contributed by atoms with van der Waals surface area (Å²) in [4.78, 5) is 68.6. The van der Waals surface area contributed by atoms with Crippen molar-refractivity contribution in [2.75, 3.05) is 0 Å². The van der Waals surface area contributed by atoms with Gasteiger partial charge in [0.2, 0.25) is 11.8 Å². The summed E-state index contributed by atoms with van der Waals surface area (Å²) in [5, 5.41) is 22.4. The molecule has 0 radical (unpaired) electrons. The average Bonchev–Trinajstić information content (AvgIpc) is 3.95. The van der Waals surface area contributed by atoms with Crippen LogP contribution < -0.4 is 10.6 Å². The molecular weight excluding hydrogens is 688 g/mol. The van der Waals surface area contributed by atoms with E-state index in [-0.39, 0.29) is 24.2 Å². The number of nitrogens with zero attached hydrogens (tertiary/aromatic N) is 4. The lowest BCUT2D eigenvalue weighted by Gasteiger charge is -2.33. The molecule has 2 aliphatic rings. The average molecular weight is 739 g/mol. The van der Waals surface area contributed by atoms with Crippen molar-refractivity contribution in [1.29, 1.82) is 0 Å². The molecule has 0 spiro atoms. The summed E-state index contributed by atoms with van der Waals surface area (Å²) in [7, 11) is 0. The van der Waals surface area contributed by atoms with Gasteiger partial charge in [-0.3, -0.25) is 30.0 Å². The highest BCUT2D eigenvalue weighted by molar-refractivity contribution is 5.94. The Hall–Kier alpha value is -5.34.